The van der Waals surface area contributed by atoms with Gasteiger partial charge in [0.05, 0.1) is 35.7 Å². The Morgan fingerprint density at radius 3 is 2.55 bits per heavy atom. The molecule has 0 aliphatic carbocycles. The maximum atomic E-state index is 13.5. The van der Waals surface area contributed by atoms with Crippen LogP contribution in [0.5, 0.6) is 0 Å². The number of nitrogen functional groups attached to an aromatic ring is 1. The standard InChI is InChI=1S/C33H40FN7O/c1-5-20(2)27-17-28(33(42)40-21(3)24-12-14-26(34)15-13-24)32(39-22(27)4)38-18-23-8-10-25(11-9-23)30-19-37-31(36)29(41-30)7-6-16-35/h8-15,17,19,21-22H,5-7,16,18,35H2,1-4H3,(H2,36,37)(H,38,39)(H,40,42). The number of halogens is 1. The molecule has 4 rings (SSSR count). The molecule has 3 aromatic rings. The van der Waals surface area contributed by atoms with Crippen LogP contribution in [0.1, 0.15) is 63.4 Å². The highest BCUT2D eigenvalue weighted by Crippen LogP contribution is 2.24. The summed E-state index contributed by atoms with van der Waals surface area (Å²) in [6.45, 7) is 9.08. The Hall–Kier alpha value is -4.37. The molecule has 0 saturated carbocycles. The van der Waals surface area contributed by atoms with E-state index in [1.165, 1.54) is 17.7 Å². The molecule has 6 N–H and O–H groups in total. The number of nitrogens with one attached hydrogen (secondary N) is 2. The lowest BCUT2D eigenvalue weighted by atomic mass is 9.93. The average molecular weight is 570 g/mol. The van der Waals surface area contributed by atoms with E-state index < -0.39 is 0 Å². The lowest BCUT2D eigenvalue weighted by Gasteiger charge is -2.28. The number of benzene rings is 2. The summed E-state index contributed by atoms with van der Waals surface area (Å²) in [7, 11) is 0. The zero-order chi connectivity index (χ0) is 30.2. The number of allylic oxidation sites excluding steroid dienone is 1. The van der Waals surface area contributed by atoms with Crippen molar-refractivity contribution in [2.75, 3.05) is 12.3 Å². The Kier molecular flexibility index (Phi) is 10.2. The summed E-state index contributed by atoms with van der Waals surface area (Å²) >= 11 is 0. The first-order valence-corrected chi connectivity index (χ1v) is 14.4. The van der Waals surface area contributed by atoms with Crippen LogP contribution in [-0.4, -0.2) is 34.3 Å². The lowest BCUT2D eigenvalue weighted by molar-refractivity contribution is -0.117. The number of aryl methyl sites for hydroxylation is 1. The highest BCUT2D eigenvalue weighted by molar-refractivity contribution is 6.22. The third kappa shape index (κ3) is 7.47. The Morgan fingerprint density at radius 1 is 1.17 bits per heavy atom. The minimum atomic E-state index is -0.314. The third-order valence-corrected chi connectivity index (χ3v) is 7.52. The molecule has 0 spiro atoms. The van der Waals surface area contributed by atoms with E-state index in [2.05, 4.69) is 41.4 Å². The van der Waals surface area contributed by atoms with E-state index >= 15 is 0 Å². The first-order valence-electron chi connectivity index (χ1n) is 14.4. The molecule has 1 aliphatic heterocycles. The number of carbonyl (C=O) groups excluding carboxylic acids is 1. The number of rotatable bonds is 10. The quantitative estimate of drug-likeness (QED) is 0.266. The van der Waals surface area contributed by atoms with Gasteiger partial charge in [0.2, 0.25) is 0 Å². The third-order valence-electron chi connectivity index (χ3n) is 7.52. The van der Waals surface area contributed by atoms with Crippen molar-refractivity contribution in [1.82, 2.24) is 20.6 Å². The number of anilines is 1. The van der Waals surface area contributed by atoms with E-state index in [1.807, 2.05) is 37.3 Å². The zero-order valence-corrected chi connectivity index (χ0v) is 24.7. The van der Waals surface area contributed by atoms with Crippen molar-refractivity contribution in [3.05, 3.63) is 100 Å². The molecule has 8 nitrogen and oxygen atoms in total. The summed E-state index contributed by atoms with van der Waals surface area (Å²) < 4.78 is 13.4. The fraction of sp³-hybridized carbons (Fsp3) is 0.333. The van der Waals surface area contributed by atoms with Crippen molar-refractivity contribution in [2.24, 2.45) is 10.7 Å². The van der Waals surface area contributed by atoms with Gasteiger partial charge in [-0.3, -0.25) is 9.79 Å². The maximum absolute atomic E-state index is 13.5. The summed E-state index contributed by atoms with van der Waals surface area (Å²) in [5.74, 6) is 0.415. The number of hydrogen-bond donors (Lipinski definition) is 4. The van der Waals surface area contributed by atoms with Crippen LogP contribution in [0.2, 0.25) is 0 Å². The Labute approximate surface area is 247 Å². The number of aromatic nitrogens is 2. The van der Waals surface area contributed by atoms with Crippen LogP contribution >= 0.6 is 0 Å². The molecule has 0 saturated heterocycles. The van der Waals surface area contributed by atoms with Crippen LogP contribution in [0.15, 0.2) is 82.5 Å². The van der Waals surface area contributed by atoms with E-state index in [4.69, 9.17) is 16.5 Å². The molecule has 1 aromatic heterocycles. The second-order valence-corrected chi connectivity index (χ2v) is 10.6. The van der Waals surface area contributed by atoms with Gasteiger partial charge in [-0.2, -0.15) is 0 Å². The minimum Gasteiger partial charge on any atom is -0.382 e. The van der Waals surface area contributed by atoms with Crippen molar-refractivity contribution in [3.8, 4) is 11.3 Å². The normalized spacial score (nSPS) is 17.8. The zero-order valence-electron chi connectivity index (χ0n) is 24.7. The smallest absolute Gasteiger partial charge is 0.255 e. The van der Waals surface area contributed by atoms with Crippen molar-refractivity contribution in [2.45, 2.75) is 65.6 Å². The largest absolute Gasteiger partial charge is 0.382 e. The molecular weight excluding hydrogens is 529 g/mol. The van der Waals surface area contributed by atoms with Gasteiger partial charge in [0.25, 0.3) is 5.91 Å². The number of amides is 1. The van der Waals surface area contributed by atoms with Gasteiger partial charge < -0.3 is 22.1 Å². The number of nitrogens with two attached hydrogens (primary N) is 2. The summed E-state index contributed by atoms with van der Waals surface area (Å²) in [6, 6.07) is 13.8. The van der Waals surface area contributed by atoms with Gasteiger partial charge in [0, 0.05) is 11.6 Å². The van der Waals surface area contributed by atoms with Crippen molar-refractivity contribution < 1.29 is 9.18 Å². The second-order valence-electron chi connectivity index (χ2n) is 10.6. The molecule has 1 aliphatic rings. The molecule has 2 unspecified atom stereocenters. The van der Waals surface area contributed by atoms with E-state index in [-0.39, 0.29) is 23.8 Å². The molecule has 0 fully saturated rings. The van der Waals surface area contributed by atoms with Crippen LogP contribution in [0.4, 0.5) is 10.2 Å². The Morgan fingerprint density at radius 2 is 1.88 bits per heavy atom. The van der Waals surface area contributed by atoms with Crippen molar-refractivity contribution in [1.29, 1.82) is 0 Å². The molecule has 9 heteroatoms. The van der Waals surface area contributed by atoms with Crippen LogP contribution in [0.3, 0.4) is 0 Å². The number of hydrogen-bond acceptors (Lipinski definition) is 6. The summed E-state index contributed by atoms with van der Waals surface area (Å²) in [4.78, 5) is 27.4. The highest BCUT2D eigenvalue weighted by Gasteiger charge is 2.26. The van der Waals surface area contributed by atoms with E-state index in [9.17, 15) is 9.18 Å². The molecule has 2 heterocycles. The van der Waals surface area contributed by atoms with Gasteiger partial charge in [-0.25, -0.2) is 14.4 Å². The predicted octanol–water partition coefficient (Wildman–Crippen LogP) is 5.18. The van der Waals surface area contributed by atoms with Crippen LogP contribution in [-0.2, 0) is 17.8 Å². The van der Waals surface area contributed by atoms with Crippen molar-refractivity contribution >= 4 is 17.6 Å². The molecule has 2 aromatic carbocycles. The summed E-state index contributed by atoms with van der Waals surface area (Å²) in [6.07, 6.45) is 5.98. The van der Waals surface area contributed by atoms with Crippen LogP contribution in [0, 0.1) is 5.82 Å². The van der Waals surface area contributed by atoms with Gasteiger partial charge >= 0.3 is 0 Å². The predicted molar refractivity (Wildman–Crippen MR) is 167 cm³/mol. The molecular formula is C33H40FN7O. The van der Waals surface area contributed by atoms with Crippen molar-refractivity contribution in [3.63, 3.8) is 0 Å². The molecule has 0 bridgehead atoms. The second kappa shape index (κ2) is 14.0. The van der Waals surface area contributed by atoms with Crippen LogP contribution < -0.4 is 22.1 Å². The number of nitrogens with zero attached hydrogens (tertiary/aromatic N) is 3. The van der Waals surface area contributed by atoms with Gasteiger partial charge in [0.15, 0.2) is 0 Å². The maximum Gasteiger partial charge on any atom is 0.255 e. The first-order chi connectivity index (χ1) is 20.2. The van der Waals surface area contributed by atoms with E-state index in [0.717, 1.165) is 46.5 Å². The van der Waals surface area contributed by atoms with Gasteiger partial charge in [-0.15, -0.1) is 0 Å². The number of carbonyl (C=O) groups is 1. The fourth-order valence-corrected chi connectivity index (χ4v) is 4.80. The topological polar surface area (TPSA) is 131 Å². The molecule has 2 atom stereocenters. The molecule has 0 radical (unpaired) electrons. The molecule has 42 heavy (non-hydrogen) atoms. The van der Waals surface area contributed by atoms with E-state index in [0.29, 0.717) is 36.7 Å². The fourth-order valence-electron chi connectivity index (χ4n) is 4.80. The minimum absolute atomic E-state index is 0.00899. The number of amidine groups is 1. The molecule has 220 valence electrons. The SMILES string of the molecule is CCC(C)=C1C=C(C(=O)NC(C)c2ccc(F)cc2)C(=NCc2ccc(-c3cnc(N)c(CCCN)n3)cc2)NC1C. The highest BCUT2D eigenvalue weighted by atomic mass is 19.1. The first kappa shape index (κ1) is 30.6. The Balaban J connectivity index is 1.55. The van der Waals surface area contributed by atoms with Gasteiger partial charge in [-0.05, 0) is 81.5 Å². The molecule has 1 amide bonds. The Bertz CT molecular complexity index is 1490. The lowest BCUT2D eigenvalue weighted by Crippen LogP contribution is -2.44. The summed E-state index contributed by atoms with van der Waals surface area (Å²) in [5, 5.41) is 6.49. The van der Waals surface area contributed by atoms with Gasteiger partial charge in [-0.1, -0.05) is 48.9 Å². The van der Waals surface area contributed by atoms with E-state index in [1.54, 1.807) is 18.3 Å². The average Bonchev–Trinajstić information content (AvgIpc) is 2.99. The van der Waals surface area contributed by atoms with Gasteiger partial charge in [0.1, 0.15) is 17.5 Å². The summed E-state index contributed by atoms with van der Waals surface area (Å²) in [5.41, 5.74) is 18.6. The van der Waals surface area contributed by atoms with Crippen LogP contribution in [0.25, 0.3) is 11.3 Å². The monoisotopic (exact) mass is 569 g/mol. The number of aliphatic imine (C=N–C) groups is 1.